The molecule has 0 bridgehead atoms. The molecule has 1 aromatic rings. The second kappa shape index (κ2) is 6.39. The lowest BCUT2D eigenvalue weighted by Gasteiger charge is -2.29. The molecular formula is C14H17N3O4. The largest absolute Gasteiger partial charge is 0.433 e. The van der Waals surface area contributed by atoms with Crippen LogP contribution in [0.25, 0.3) is 0 Å². The van der Waals surface area contributed by atoms with E-state index in [1.54, 1.807) is 0 Å². The van der Waals surface area contributed by atoms with Crippen LogP contribution in [0.2, 0.25) is 0 Å². The number of carbonyl (C=O) groups is 1. The summed E-state index contributed by atoms with van der Waals surface area (Å²) in [5, 5.41) is 22.7. The van der Waals surface area contributed by atoms with E-state index in [1.165, 1.54) is 6.07 Å². The van der Waals surface area contributed by atoms with Crippen LogP contribution in [-0.4, -0.2) is 16.4 Å². The minimum Gasteiger partial charge on any atom is -0.395 e. The van der Waals surface area contributed by atoms with Gasteiger partial charge in [-0.3, -0.25) is 14.9 Å². The normalized spacial score (nSPS) is 18.0. The Morgan fingerprint density at radius 3 is 2.43 bits per heavy atom. The Morgan fingerprint density at radius 1 is 1.29 bits per heavy atom. The van der Waals surface area contributed by atoms with Crippen LogP contribution in [0, 0.1) is 21.4 Å². The number of nitriles is 1. The number of rotatable bonds is 3. The lowest BCUT2D eigenvalue weighted by Crippen LogP contribution is -2.47. The Labute approximate surface area is 122 Å². The summed E-state index contributed by atoms with van der Waals surface area (Å²) in [4.78, 5) is 22.0. The summed E-state index contributed by atoms with van der Waals surface area (Å²) in [7, 11) is 0. The molecule has 1 saturated carbocycles. The lowest BCUT2D eigenvalue weighted by molar-refractivity contribution is -0.402. The van der Waals surface area contributed by atoms with Gasteiger partial charge in [-0.2, -0.15) is 5.26 Å². The minimum atomic E-state index is -0.904. The molecule has 0 saturated heterocycles. The van der Waals surface area contributed by atoms with Gasteiger partial charge in [-0.25, -0.2) is 0 Å². The fourth-order valence-electron chi connectivity index (χ4n) is 2.60. The first kappa shape index (κ1) is 15.0. The molecule has 1 amide bonds. The number of carbonyl (C=O) groups excluding carboxylic acids is 1. The minimum absolute atomic E-state index is 0.140. The molecule has 1 heterocycles. The fourth-order valence-corrected chi connectivity index (χ4v) is 2.60. The van der Waals surface area contributed by atoms with Crippen LogP contribution in [0.3, 0.4) is 0 Å². The lowest BCUT2D eigenvalue weighted by atomic mass is 9.85. The maximum Gasteiger partial charge on any atom is 0.433 e. The summed E-state index contributed by atoms with van der Waals surface area (Å²) >= 11 is 0. The maximum atomic E-state index is 12.1. The van der Waals surface area contributed by atoms with Crippen LogP contribution in [0.5, 0.6) is 0 Å². The number of nitro groups is 1. The highest BCUT2D eigenvalue weighted by Gasteiger charge is 2.33. The topological polar surface area (TPSA) is 109 Å². The van der Waals surface area contributed by atoms with E-state index >= 15 is 0 Å². The van der Waals surface area contributed by atoms with Crippen LogP contribution in [0.4, 0.5) is 5.88 Å². The molecule has 0 spiro atoms. The van der Waals surface area contributed by atoms with Crippen LogP contribution < -0.4 is 5.32 Å². The Kier molecular flexibility index (Phi) is 4.58. The molecule has 1 aromatic heterocycles. The molecule has 21 heavy (non-hydrogen) atoms. The molecule has 0 aromatic carbocycles. The molecule has 7 heteroatoms. The Hall–Kier alpha value is -2.36. The first-order valence-corrected chi connectivity index (χ1v) is 7.04. The van der Waals surface area contributed by atoms with Crippen molar-refractivity contribution in [2.24, 2.45) is 0 Å². The maximum absolute atomic E-state index is 12.1. The summed E-state index contributed by atoms with van der Waals surface area (Å²) < 4.78 is 4.87. The van der Waals surface area contributed by atoms with Gasteiger partial charge < -0.3 is 9.73 Å². The second-order valence-electron chi connectivity index (χ2n) is 5.31. The average Bonchev–Trinajstić information content (AvgIpc) is 2.92. The zero-order valence-electron chi connectivity index (χ0n) is 11.6. The number of amides is 1. The molecule has 1 aliphatic carbocycles. The van der Waals surface area contributed by atoms with Gasteiger partial charge in [0.25, 0.3) is 5.91 Å². The zero-order chi connectivity index (χ0) is 15.3. The first-order chi connectivity index (χ1) is 10.1. The molecule has 112 valence electrons. The zero-order valence-corrected chi connectivity index (χ0v) is 11.6. The van der Waals surface area contributed by atoms with Gasteiger partial charge in [0.05, 0.1) is 12.1 Å². The molecule has 0 atom stereocenters. The van der Waals surface area contributed by atoms with Gasteiger partial charge in [0.1, 0.15) is 10.5 Å². The van der Waals surface area contributed by atoms with Crippen molar-refractivity contribution < 1.29 is 14.1 Å². The van der Waals surface area contributed by atoms with E-state index in [9.17, 15) is 20.2 Å². The van der Waals surface area contributed by atoms with E-state index in [0.29, 0.717) is 12.8 Å². The molecule has 0 aliphatic heterocycles. The van der Waals surface area contributed by atoms with E-state index in [0.717, 1.165) is 38.2 Å². The summed E-state index contributed by atoms with van der Waals surface area (Å²) in [6, 6.07) is 4.59. The third-order valence-electron chi connectivity index (χ3n) is 3.77. The van der Waals surface area contributed by atoms with Gasteiger partial charge in [0, 0.05) is 0 Å². The predicted molar refractivity (Wildman–Crippen MR) is 73.5 cm³/mol. The van der Waals surface area contributed by atoms with Crippen molar-refractivity contribution >= 4 is 11.8 Å². The van der Waals surface area contributed by atoms with E-state index in [1.807, 2.05) is 0 Å². The molecule has 0 unspecified atom stereocenters. The first-order valence-electron chi connectivity index (χ1n) is 7.04. The van der Waals surface area contributed by atoms with Crippen molar-refractivity contribution in [3.63, 3.8) is 0 Å². The van der Waals surface area contributed by atoms with Gasteiger partial charge in [-0.15, -0.1) is 0 Å². The van der Waals surface area contributed by atoms with Crippen molar-refractivity contribution in [3.05, 3.63) is 28.0 Å². The van der Waals surface area contributed by atoms with Crippen LogP contribution in [0.15, 0.2) is 16.5 Å². The molecule has 1 N–H and O–H groups in total. The van der Waals surface area contributed by atoms with Crippen LogP contribution in [-0.2, 0) is 0 Å². The quantitative estimate of drug-likeness (QED) is 0.680. The number of hydrogen-bond acceptors (Lipinski definition) is 5. The van der Waals surface area contributed by atoms with E-state index in [-0.39, 0.29) is 5.76 Å². The van der Waals surface area contributed by atoms with Gasteiger partial charge in [0.15, 0.2) is 5.76 Å². The number of nitrogens with zero attached hydrogens (tertiary/aromatic N) is 2. The monoisotopic (exact) mass is 291 g/mol. The Balaban J connectivity index is 2.10. The van der Waals surface area contributed by atoms with Crippen molar-refractivity contribution in [2.45, 2.75) is 50.5 Å². The van der Waals surface area contributed by atoms with E-state index in [2.05, 4.69) is 11.4 Å². The summed E-state index contributed by atoms with van der Waals surface area (Å²) in [5.41, 5.74) is -0.904. The molecule has 1 aliphatic rings. The van der Waals surface area contributed by atoms with E-state index < -0.39 is 22.3 Å². The molecular weight excluding hydrogens is 274 g/mol. The Morgan fingerprint density at radius 2 is 1.90 bits per heavy atom. The molecule has 7 nitrogen and oxygen atoms in total. The summed E-state index contributed by atoms with van der Waals surface area (Å²) in [6.45, 7) is 0. The van der Waals surface area contributed by atoms with Crippen molar-refractivity contribution in [2.75, 3.05) is 0 Å². The Bertz CT molecular complexity index is 565. The van der Waals surface area contributed by atoms with Gasteiger partial charge in [-0.1, -0.05) is 32.1 Å². The number of hydrogen-bond donors (Lipinski definition) is 1. The standard InChI is InChI=1S/C14H17N3O4/c15-10-14(8-4-2-1-3-5-9-14)16-13(18)11-6-7-12(21-11)17(19)20/h6-7H,1-5,8-9H2,(H,16,18). The van der Waals surface area contributed by atoms with Crippen molar-refractivity contribution in [1.82, 2.24) is 5.32 Å². The number of furan rings is 1. The molecule has 2 rings (SSSR count). The number of nitrogens with one attached hydrogen (secondary N) is 1. The third kappa shape index (κ3) is 3.60. The highest BCUT2D eigenvalue weighted by Crippen LogP contribution is 2.26. The predicted octanol–water partition coefficient (Wildman–Crippen LogP) is 2.92. The van der Waals surface area contributed by atoms with E-state index in [4.69, 9.17) is 4.42 Å². The SMILES string of the molecule is N#CC1(NC(=O)c2ccc([N+](=O)[O-])o2)CCCCCCC1. The smallest absolute Gasteiger partial charge is 0.395 e. The van der Waals surface area contributed by atoms with Crippen molar-refractivity contribution in [1.29, 1.82) is 5.26 Å². The van der Waals surface area contributed by atoms with Crippen molar-refractivity contribution in [3.8, 4) is 6.07 Å². The second-order valence-corrected chi connectivity index (χ2v) is 5.31. The molecule has 1 fully saturated rings. The average molecular weight is 291 g/mol. The highest BCUT2D eigenvalue weighted by atomic mass is 16.6. The van der Waals surface area contributed by atoms with Crippen LogP contribution in [0.1, 0.15) is 55.5 Å². The fraction of sp³-hybridized carbons (Fsp3) is 0.571. The molecule has 0 radical (unpaired) electrons. The highest BCUT2D eigenvalue weighted by molar-refractivity contribution is 5.92. The van der Waals surface area contributed by atoms with Gasteiger partial charge >= 0.3 is 5.88 Å². The summed E-state index contributed by atoms with van der Waals surface area (Å²) in [6.07, 6.45) is 6.20. The van der Waals surface area contributed by atoms with Gasteiger partial charge in [-0.05, 0) is 18.9 Å². The summed E-state index contributed by atoms with van der Waals surface area (Å²) in [5.74, 6) is -1.20. The van der Waals surface area contributed by atoms with Gasteiger partial charge in [0.2, 0.25) is 0 Å². The third-order valence-corrected chi connectivity index (χ3v) is 3.77. The van der Waals surface area contributed by atoms with Crippen LogP contribution >= 0.6 is 0 Å².